The van der Waals surface area contributed by atoms with Crippen molar-refractivity contribution >= 4 is 51.6 Å². The number of hydrogen-bond donors (Lipinski definition) is 3. The Morgan fingerprint density at radius 3 is 2.73 bits per heavy atom. The minimum atomic E-state index is -1.14. The molecule has 3 aromatic rings. The van der Waals surface area contributed by atoms with Crippen molar-refractivity contribution in [1.82, 2.24) is 10.2 Å². The number of ketones is 1. The maximum atomic E-state index is 13.3. The highest BCUT2D eigenvalue weighted by Gasteiger charge is 2.42. The first kappa shape index (κ1) is 27.9. The molecule has 1 aromatic heterocycles. The average Bonchev–Trinajstić information content (AvgIpc) is 3.44. The van der Waals surface area contributed by atoms with Gasteiger partial charge in [0.1, 0.15) is 11.6 Å². The van der Waals surface area contributed by atoms with Gasteiger partial charge in [-0.1, -0.05) is 53.4 Å². The summed E-state index contributed by atoms with van der Waals surface area (Å²) >= 11 is 2.30. The Bertz CT molecular complexity index is 1660. The number of hydrogen-bond acceptors (Lipinski definition) is 11. The van der Waals surface area contributed by atoms with Crippen molar-refractivity contribution in [2.75, 3.05) is 23.1 Å². The lowest BCUT2D eigenvalue weighted by Crippen LogP contribution is -2.38. The van der Waals surface area contributed by atoms with Crippen LogP contribution in [0.5, 0.6) is 5.75 Å². The molecule has 41 heavy (non-hydrogen) atoms. The van der Waals surface area contributed by atoms with Crippen molar-refractivity contribution in [1.29, 1.82) is 5.26 Å². The summed E-state index contributed by atoms with van der Waals surface area (Å²) in [5, 5.41) is 31.0. The van der Waals surface area contributed by atoms with E-state index < -0.39 is 17.8 Å². The average molecular weight is 589 g/mol. The summed E-state index contributed by atoms with van der Waals surface area (Å²) in [6.07, 6.45) is 1.54. The third kappa shape index (κ3) is 5.39. The minimum absolute atomic E-state index is 0.0118. The Hall–Kier alpha value is -4.67. The molecule has 0 radical (unpaired) electrons. The Labute approximate surface area is 243 Å². The summed E-state index contributed by atoms with van der Waals surface area (Å²) in [4.78, 5) is 38.9. The fraction of sp³-hybridized carbons (Fsp3) is 0.214. The first-order valence-electron chi connectivity index (χ1n) is 12.5. The number of aromatic carboxylic acids is 1. The Morgan fingerprint density at radius 1 is 1.22 bits per heavy atom. The van der Waals surface area contributed by atoms with E-state index in [0.717, 1.165) is 11.8 Å². The molecule has 0 bridgehead atoms. The van der Waals surface area contributed by atoms with Gasteiger partial charge in [-0.2, -0.15) is 5.26 Å². The molecule has 5 rings (SSSR count). The normalized spacial score (nSPS) is 16.7. The molecule has 0 saturated heterocycles. The van der Waals surface area contributed by atoms with Crippen molar-refractivity contribution < 1.29 is 24.2 Å². The number of aromatic nitrogens is 2. The summed E-state index contributed by atoms with van der Waals surface area (Å²) in [6.45, 7) is 0. The van der Waals surface area contributed by atoms with Crippen LogP contribution in [-0.2, 0) is 9.59 Å². The molecule has 1 aliphatic carbocycles. The zero-order chi connectivity index (χ0) is 29.1. The van der Waals surface area contributed by atoms with E-state index in [-0.39, 0.29) is 34.2 Å². The van der Waals surface area contributed by atoms with Crippen LogP contribution >= 0.6 is 23.1 Å². The largest absolute Gasteiger partial charge is 0.496 e. The lowest BCUT2D eigenvalue weighted by Gasteiger charge is -2.38. The van der Waals surface area contributed by atoms with Crippen LogP contribution in [0.3, 0.4) is 0 Å². The van der Waals surface area contributed by atoms with Crippen LogP contribution in [0.25, 0.3) is 0 Å². The minimum Gasteiger partial charge on any atom is -0.496 e. The standard InChI is InChI=1S/C28H24N6O5S2/c1-39-21-12-5-3-8-16(21)23-17(13-29)25(30)34(19-10-6-11-20(35)24(19)23)27-32-33-28(41-27)40-14-22(36)31-18-9-4-2-7-15(18)26(37)38/h2-5,7-9,12,23H,6,10-11,14,30H2,1H3,(H,31,36)(H,37,38). The van der Waals surface area contributed by atoms with Gasteiger partial charge >= 0.3 is 5.97 Å². The van der Waals surface area contributed by atoms with Crippen LogP contribution in [0.15, 0.2) is 75.5 Å². The maximum absolute atomic E-state index is 13.3. The number of carbonyl (C=O) groups excluding carboxylic acids is 2. The number of allylic oxidation sites excluding steroid dienone is 3. The van der Waals surface area contributed by atoms with Gasteiger partial charge in [-0.15, -0.1) is 10.2 Å². The van der Waals surface area contributed by atoms with Gasteiger partial charge in [-0.25, -0.2) is 4.79 Å². The fourth-order valence-electron chi connectivity index (χ4n) is 4.96. The van der Waals surface area contributed by atoms with E-state index in [1.807, 2.05) is 18.2 Å². The Balaban J connectivity index is 1.43. The van der Waals surface area contributed by atoms with Crippen molar-refractivity contribution in [2.24, 2.45) is 5.73 Å². The Kier molecular flexibility index (Phi) is 8.04. The van der Waals surface area contributed by atoms with Crippen LogP contribution in [0.4, 0.5) is 10.8 Å². The molecule has 2 heterocycles. The van der Waals surface area contributed by atoms with Gasteiger partial charge in [0.25, 0.3) is 0 Å². The molecule has 1 unspecified atom stereocenters. The number of amides is 1. The summed E-state index contributed by atoms with van der Waals surface area (Å²) in [7, 11) is 1.54. The van der Waals surface area contributed by atoms with Gasteiger partial charge in [0.15, 0.2) is 10.1 Å². The van der Waals surface area contributed by atoms with Crippen molar-refractivity contribution in [3.63, 3.8) is 0 Å². The molecule has 0 fully saturated rings. The molecule has 1 amide bonds. The fourth-order valence-corrected chi connectivity index (χ4v) is 6.64. The number of nitriles is 1. The van der Waals surface area contributed by atoms with Gasteiger partial charge in [-0.05, 0) is 31.0 Å². The van der Waals surface area contributed by atoms with Gasteiger partial charge in [0.05, 0.1) is 41.7 Å². The number of para-hydroxylation sites is 2. The molecule has 208 valence electrons. The topological polar surface area (TPSA) is 172 Å². The highest BCUT2D eigenvalue weighted by molar-refractivity contribution is 8.01. The van der Waals surface area contributed by atoms with Gasteiger partial charge in [-0.3, -0.25) is 14.5 Å². The van der Waals surface area contributed by atoms with Gasteiger partial charge in [0, 0.05) is 23.3 Å². The number of nitrogens with zero attached hydrogens (tertiary/aromatic N) is 4. The molecular weight excluding hydrogens is 564 g/mol. The highest BCUT2D eigenvalue weighted by Crippen LogP contribution is 2.48. The van der Waals surface area contributed by atoms with E-state index >= 15 is 0 Å². The molecule has 1 atom stereocenters. The van der Waals surface area contributed by atoms with E-state index in [1.54, 1.807) is 23.1 Å². The van der Waals surface area contributed by atoms with Crippen LogP contribution in [-0.4, -0.2) is 45.8 Å². The number of thioether (sulfide) groups is 1. The predicted octanol–water partition coefficient (Wildman–Crippen LogP) is 4.28. The van der Waals surface area contributed by atoms with E-state index in [4.69, 9.17) is 10.5 Å². The third-order valence-electron chi connectivity index (χ3n) is 6.71. The zero-order valence-corrected chi connectivity index (χ0v) is 23.4. The molecular formula is C28H24N6O5S2. The third-order valence-corrected chi connectivity index (χ3v) is 8.75. The second-order valence-corrected chi connectivity index (χ2v) is 11.3. The number of carbonyl (C=O) groups is 3. The van der Waals surface area contributed by atoms with E-state index in [2.05, 4.69) is 21.6 Å². The number of nitrogens with two attached hydrogens (primary N) is 1. The molecule has 4 N–H and O–H groups in total. The summed E-state index contributed by atoms with van der Waals surface area (Å²) in [5.41, 5.74) is 8.85. The number of anilines is 2. The van der Waals surface area contributed by atoms with Crippen molar-refractivity contribution in [3.05, 3.63) is 82.3 Å². The van der Waals surface area contributed by atoms with Crippen molar-refractivity contribution in [3.8, 4) is 11.8 Å². The number of carboxylic acid groups (broad SMARTS) is 1. The number of ether oxygens (including phenoxy) is 1. The molecule has 2 aliphatic rings. The first-order chi connectivity index (χ1) is 19.8. The number of nitrogens with one attached hydrogen (secondary N) is 1. The first-order valence-corrected chi connectivity index (χ1v) is 14.3. The predicted molar refractivity (Wildman–Crippen MR) is 154 cm³/mol. The number of methoxy groups -OCH3 is 1. The smallest absolute Gasteiger partial charge is 0.337 e. The molecule has 2 aromatic carbocycles. The molecule has 13 heteroatoms. The van der Waals surface area contributed by atoms with Crippen LogP contribution < -0.4 is 20.7 Å². The van der Waals surface area contributed by atoms with Gasteiger partial charge < -0.3 is 20.9 Å². The highest BCUT2D eigenvalue weighted by atomic mass is 32.2. The quantitative estimate of drug-likeness (QED) is 0.321. The Morgan fingerprint density at radius 2 is 1.98 bits per heavy atom. The van der Waals surface area contributed by atoms with Gasteiger partial charge in [0.2, 0.25) is 11.0 Å². The van der Waals surface area contributed by atoms with E-state index in [9.17, 15) is 24.8 Å². The second kappa shape index (κ2) is 11.8. The van der Waals surface area contributed by atoms with Crippen LogP contribution in [0.2, 0.25) is 0 Å². The number of carboxylic acids is 1. The SMILES string of the molecule is COc1ccccc1C1C(C#N)=C(N)N(c2nnc(SCC(=O)Nc3ccccc3C(=O)O)s2)C2=C1C(=O)CCC2. The summed E-state index contributed by atoms with van der Waals surface area (Å²) < 4.78 is 6.02. The number of benzene rings is 2. The van der Waals surface area contributed by atoms with Crippen molar-refractivity contribution in [2.45, 2.75) is 29.5 Å². The molecule has 11 nitrogen and oxygen atoms in total. The summed E-state index contributed by atoms with van der Waals surface area (Å²) in [6, 6.07) is 15.6. The zero-order valence-electron chi connectivity index (χ0n) is 21.8. The van der Waals surface area contributed by atoms with E-state index in [1.165, 1.54) is 30.6 Å². The molecule has 0 spiro atoms. The second-order valence-electron chi connectivity index (χ2n) is 9.10. The lowest BCUT2D eigenvalue weighted by atomic mass is 9.75. The van der Waals surface area contributed by atoms with E-state index in [0.29, 0.717) is 51.3 Å². The van der Waals surface area contributed by atoms with Crippen LogP contribution in [0, 0.1) is 11.3 Å². The maximum Gasteiger partial charge on any atom is 0.337 e. The molecule has 1 aliphatic heterocycles. The van der Waals surface area contributed by atoms with Crippen LogP contribution in [0.1, 0.15) is 41.1 Å². The summed E-state index contributed by atoms with van der Waals surface area (Å²) in [5.74, 6) is -1.62. The number of rotatable bonds is 8. The monoisotopic (exact) mass is 588 g/mol. The number of Topliss-reactive ketones (excluding diaryl/α,β-unsaturated/α-hetero) is 1. The molecule has 0 saturated carbocycles. The lowest BCUT2D eigenvalue weighted by molar-refractivity contribution is -0.116.